The summed E-state index contributed by atoms with van der Waals surface area (Å²) < 4.78 is 35.2. The number of nitrogens with zero attached hydrogens (tertiary/aromatic N) is 1. The largest absolute Gasteiger partial charge is 0.472 e. The summed E-state index contributed by atoms with van der Waals surface area (Å²) in [6.45, 7) is 5.29. The van der Waals surface area contributed by atoms with Crippen LogP contribution in [-0.2, 0) is 27.9 Å². The number of hydrogen-bond acceptors (Lipinski definition) is 6. The second-order valence-electron chi connectivity index (χ2n) is 18.8. The zero-order valence-corrected chi connectivity index (χ0v) is 45.6. The van der Waals surface area contributed by atoms with Crippen molar-refractivity contribution in [3.05, 3.63) is 122 Å². The summed E-state index contributed by atoms with van der Waals surface area (Å²) in [4.78, 5) is 23.1. The lowest BCUT2D eigenvalue weighted by molar-refractivity contribution is -0.870. The molecule has 0 aliphatic carbocycles. The monoisotopic (exact) mass is 981 g/mol. The van der Waals surface area contributed by atoms with Crippen LogP contribution in [0.15, 0.2) is 122 Å². The summed E-state index contributed by atoms with van der Waals surface area (Å²) in [5.74, 6) is -0.333. The van der Waals surface area contributed by atoms with Crippen molar-refractivity contribution < 1.29 is 37.3 Å². The number of carbonyl (C=O) groups is 1. The highest BCUT2D eigenvalue weighted by atomic mass is 31.2. The predicted molar refractivity (Wildman–Crippen MR) is 297 cm³/mol. The van der Waals surface area contributed by atoms with Gasteiger partial charge in [-0.1, -0.05) is 206 Å². The Morgan fingerprint density at radius 1 is 0.449 bits per heavy atom. The Labute approximate surface area is 424 Å². The fraction of sp³-hybridized carbons (Fsp3) is 0.650. The van der Waals surface area contributed by atoms with E-state index in [1.807, 2.05) is 21.1 Å². The van der Waals surface area contributed by atoms with E-state index in [0.717, 1.165) is 109 Å². The van der Waals surface area contributed by atoms with Crippen LogP contribution in [0.4, 0.5) is 0 Å². The highest BCUT2D eigenvalue weighted by Gasteiger charge is 2.26. The third-order valence-electron chi connectivity index (χ3n) is 11.0. The fourth-order valence-electron chi connectivity index (χ4n) is 6.90. The molecule has 2 unspecified atom stereocenters. The molecular weight excluding hydrogens is 878 g/mol. The first-order chi connectivity index (χ1) is 33.6. The number of unbranched alkanes of at least 4 members (excludes halogenated alkanes) is 15. The van der Waals surface area contributed by atoms with Crippen molar-refractivity contribution in [2.75, 3.05) is 54.1 Å². The summed E-state index contributed by atoms with van der Waals surface area (Å²) in [7, 11) is 1.63. The third kappa shape index (κ3) is 55.7. The summed E-state index contributed by atoms with van der Waals surface area (Å²) in [6, 6.07) is 0. The number of quaternary nitrogens is 1. The fourth-order valence-corrected chi connectivity index (χ4v) is 7.64. The summed E-state index contributed by atoms with van der Waals surface area (Å²) in [6.07, 6.45) is 74.0. The van der Waals surface area contributed by atoms with Crippen LogP contribution in [0.3, 0.4) is 0 Å². The van der Waals surface area contributed by atoms with Gasteiger partial charge in [0.15, 0.2) is 0 Å². The van der Waals surface area contributed by atoms with Crippen molar-refractivity contribution in [3.63, 3.8) is 0 Å². The molecule has 0 aromatic heterocycles. The van der Waals surface area contributed by atoms with E-state index < -0.39 is 13.9 Å². The van der Waals surface area contributed by atoms with Gasteiger partial charge in [0.1, 0.15) is 19.3 Å². The Balaban J connectivity index is 4.20. The molecule has 0 saturated carbocycles. The molecule has 0 aliphatic rings. The number of phosphoric acid groups is 1. The zero-order chi connectivity index (χ0) is 50.5. The second kappa shape index (κ2) is 51.3. The van der Waals surface area contributed by atoms with Gasteiger partial charge in [-0.25, -0.2) is 4.57 Å². The molecule has 394 valence electrons. The number of carbonyl (C=O) groups excluding carboxylic acids is 1. The number of hydrogen-bond donors (Lipinski definition) is 1. The predicted octanol–water partition coefficient (Wildman–Crippen LogP) is 17.3. The average molecular weight is 981 g/mol. The lowest BCUT2D eigenvalue weighted by Crippen LogP contribution is -2.37. The molecule has 8 nitrogen and oxygen atoms in total. The SMILES string of the molecule is CC/C=C\C/C=C\C/C=C\C/C=C\C/C=C\C/C=C\CCCCCOCC(COP(=O)(O)OCC[N+](C)(C)C)OC(=O)CCCCCCCCCCCCCC/C=C\C/C=C\C/C=C\C/C=C\CC. The van der Waals surface area contributed by atoms with Crippen molar-refractivity contribution in [1.29, 1.82) is 0 Å². The second-order valence-corrected chi connectivity index (χ2v) is 20.3. The first-order valence-electron chi connectivity index (χ1n) is 27.3. The van der Waals surface area contributed by atoms with E-state index in [2.05, 4.69) is 135 Å². The maximum Gasteiger partial charge on any atom is 0.472 e. The lowest BCUT2D eigenvalue weighted by atomic mass is 10.0. The van der Waals surface area contributed by atoms with E-state index in [4.69, 9.17) is 18.5 Å². The van der Waals surface area contributed by atoms with Crippen LogP contribution in [-0.4, -0.2) is 75.6 Å². The van der Waals surface area contributed by atoms with Crippen LogP contribution in [0.25, 0.3) is 0 Å². The molecular formula is C60H103NO7P+. The molecule has 0 heterocycles. The van der Waals surface area contributed by atoms with Crippen molar-refractivity contribution in [3.8, 4) is 0 Å². The number of rotatable bonds is 49. The summed E-state index contributed by atoms with van der Waals surface area (Å²) >= 11 is 0. The zero-order valence-electron chi connectivity index (χ0n) is 44.8. The Morgan fingerprint density at radius 3 is 1.19 bits per heavy atom. The van der Waals surface area contributed by atoms with Gasteiger partial charge in [-0.05, 0) is 103 Å². The standard InChI is InChI=1S/C60H102NO7P/c1-6-8-10-12-14-16-18-20-22-24-26-28-30-31-32-33-35-37-39-41-43-45-47-49-51-53-60(62)68-59(58-67-69(63,64)66-56-54-61(3,4)5)57-65-55-52-50-48-46-44-42-40-38-36-34-29-27-25-23-21-19-17-15-13-11-9-7-2/h8-11,14-17,20-23,26-29,36,38,42,44,59H,6-7,12-13,18-19,24-25,30-35,37,39-41,43,45-58H2,1-5H3/p+1/b10-8-,11-9-,16-14-,17-15-,22-20-,23-21-,28-26-,29-27-,38-36-,44-42-. The highest BCUT2D eigenvalue weighted by Crippen LogP contribution is 2.43. The normalized spacial score (nSPS) is 14.5. The van der Waals surface area contributed by atoms with Crippen LogP contribution in [0.5, 0.6) is 0 Å². The first-order valence-corrected chi connectivity index (χ1v) is 28.8. The molecule has 0 amide bonds. The molecule has 0 aromatic carbocycles. The molecule has 0 radical (unpaired) electrons. The minimum Gasteiger partial charge on any atom is -0.457 e. The number of ether oxygens (including phenoxy) is 2. The van der Waals surface area contributed by atoms with Gasteiger partial charge in [0.2, 0.25) is 0 Å². The summed E-state index contributed by atoms with van der Waals surface area (Å²) in [5, 5.41) is 0. The number of phosphoric ester groups is 1. The number of likely N-dealkylation sites (N-methyl/N-ethyl adjacent to an activating group) is 1. The maximum absolute atomic E-state index is 12.8. The van der Waals surface area contributed by atoms with E-state index in [-0.39, 0.29) is 25.8 Å². The van der Waals surface area contributed by atoms with Crippen molar-refractivity contribution in [2.45, 2.75) is 200 Å². The molecule has 0 fully saturated rings. The minimum atomic E-state index is -4.30. The Morgan fingerprint density at radius 2 is 0.797 bits per heavy atom. The molecule has 0 saturated heterocycles. The molecule has 0 aliphatic heterocycles. The average Bonchev–Trinajstić information content (AvgIpc) is 3.31. The Bertz CT molecular complexity index is 1510. The number of esters is 1. The molecule has 0 aromatic rings. The Hall–Kier alpha value is -3.10. The van der Waals surface area contributed by atoms with Crippen molar-refractivity contribution >= 4 is 13.8 Å². The molecule has 0 spiro atoms. The van der Waals surface area contributed by atoms with Crippen LogP contribution in [0, 0.1) is 0 Å². The summed E-state index contributed by atoms with van der Waals surface area (Å²) in [5.41, 5.74) is 0. The van der Waals surface area contributed by atoms with Gasteiger partial charge >= 0.3 is 13.8 Å². The van der Waals surface area contributed by atoms with Crippen LogP contribution < -0.4 is 0 Å². The molecule has 69 heavy (non-hydrogen) atoms. The molecule has 0 rings (SSSR count). The quantitative estimate of drug-likeness (QED) is 0.0213. The van der Waals surface area contributed by atoms with E-state index >= 15 is 0 Å². The van der Waals surface area contributed by atoms with E-state index in [1.165, 1.54) is 64.2 Å². The molecule has 2 atom stereocenters. The van der Waals surface area contributed by atoms with Crippen LogP contribution in [0.2, 0.25) is 0 Å². The van der Waals surface area contributed by atoms with Crippen LogP contribution >= 0.6 is 7.82 Å². The lowest BCUT2D eigenvalue weighted by Gasteiger charge is -2.24. The Kier molecular flexibility index (Phi) is 49.0. The van der Waals surface area contributed by atoms with Gasteiger partial charge in [-0.3, -0.25) is 13.8 Å². The third-order valence-corrected chi connectivity index (χ3v) is 12.0. The topological polar surface area (TPSA) is 91.3 Å². The molecule has 0 bridgehead atoms. The van der Waals surface area contributed by atoms with E-state index in [9.17, 15) is 14.3 Å². The maximum atomic E-state index is 12.8. The molecule has 9 heteroatoms. The van der Waals surface area contributed by atoms with Crippen molar-refractivity contribution in [1.82, 2.24) is 0 Å². The van der Waals surface area contributed by atoms with Gasteiger partial charge in [0, 0.05) is 13.0 Å². The van der Waals surface area contributed by atoms with Gasteiger partial charge in [-0.2, -0.15) is 0 Å². The van der Waals surface area contributed by atoms with Gasteiger partial charge in [0.05, 0.1) is 34.4 Å². The van der Waals surface area contributed by atoms with E-state index in [1.54, 1.807) is 0 Å². The first kappa shape index (κ1) is 65.9. The highest BCUT2D eigenvalue weighted by molar-refractivity contribution is 7.47. The van der Waals surface area contributed by atoms with E-state index in [0.29, 0.717) is 24.1 Å². The van der Waals surface area contributed by atoms with Gasteiger partial charge < -0.3 is 18.9 Å². The smallest absolute Gasteiger partial charge is 0.457 e. The van der Waals surface area contributed by atoms with Crippen LogP contribution in [0.1, 0.15) is 194 Å². The molecule has 1 N–H and O–H groups in total. The van der Waals surface area contributed by atoms with Crippen molar-refractivity contribution in [2.24, 2.45) is 0 Å². The van der Waals surface area contributed by atoms with Gasteiger partial charge in [-0.15, -0.1) is 0 Å². The number of allylic oxidation sites excluding steroid dienone is 20. The minimum absolute atomic E-state index is 0.0744. The van der Waals surface area contributed by atoms with Gasteiger partial charge in [0.25, 0.3) is 0 Å².